The van der Waals surface area contributed by atoms with Gasteiger partial charge in [-0.15, -0.1) is 11.3 Å². The van der Waals surface area contributed by atoms with E-state index in [4.69, 9.17) is 0 Å². The maximum Gasteiger partial charge on any atom is 0.387 e. The van der Waals surface area contributed by atoms with Crippen molar-refractivity contribution >= 4 is 34.7 Å². The first-order valence-electron chi connectivity index (χ1n) is 7.59. The lowest BCUT2D eigenvalue weighted by atomic mass is 10.2. The fourth-order valence-corrected chi connectivity index (χ4v) is 3.78. The quantitative estimate of drug-likeness (QED) is 0.566. The molecular weight excluding hydrogens is 378 g/mol. The molecule has 0 aliphatic heterocycles. The SMILES string of the molecule is O=C(CSc1nc(-c2ccccc2)cs1)Nc1ccccc1OC(F)F. The van der Waals surface area contributed by atoms with Crippen LogP contribution in [-0.4, -0.2) is 23.3 Å². The molecule has 0 bridgehead atoms. The van der Waals surface area contributed by atoms with Crippen molar-refractivity contribution < 1.29 is 18.3 Å². The highest BCUT2D eigenvalue weighted by Gasteiger charge is 2.13. The number of nitrogens with zero attached hydrogens (tertiary/aromatic N) is 1. The van der Waals surface area contributed by atoms with Crippen LogP contribution in [0.25, 0.3) is 11.3 Å². The van der Waals surface area contributed by atoms with E-state index in [0.717, 1.165) is 15.6 Å². The second-order valence-corrected chi connectivity index (χ2v) is 7.16. The summed E-state index contributed by atoms with van der Waals surface area (Å²) < 4.78 is 30.0. The highest BCUT2D eigenvalue weighted by molar-refractivity contribution is 8.01. The zero-order chi connectivity index (χ0) is 18.4. The summed E-state index contributed by atoms with van der Waals surface area (Å²) in [6.07, 6.45) is 0. The number of carbonyl (C=O) groups is 1. The van der Waals surface area contributed by atoms with E-state index in [-0.39, 0.29) is 23.1 Å². The van der Waals surface area contributed by atoms with E-state index in [2.05, 4.69) is 15.0 Å². The Kier molecular flexibility index (Phi) is 6.19. The number of benzene rings is 2. The molecule has 3 aromatic rings. The molecule has 0 atom stereocenters. The van der Waals surface area contributed by atoms with Crippen molar-refractivity contribution in [2.75, 3.05) is 11.1 Å². The van der Waals surface area contributed by atoms with Crippen LogP contribution in [-0.2, 0) is 4.79 Å². The van der Waals surface area contributed by atoms with E-state index in [1.54, 1.807) is 12.1 Å². The monoisotopic (exact) mass is 392 g/mol. The third kappa shape index (κ3) is 5.03. The summed E-state index contributed by atoms with van der Waals surface area (Å²) in [7, 11) is 0. The van der Waals surface area contributed by atoms with Gasteiger partial charge in [0.25, 0.3) is 0 Å². The van der Waals surface area contributed by atoms with Gasteiger partial charge in [-0.25, -0.2) is 4.98 Å². The van der Waals surface area contributed by atoms with Gasteiger partial charge in [-0.2, -0.15) is 8.78 Å². The van der Waals surface area contributed by atoms with Crippen LogP contribution < -0.4 is 10.1 Å². The lowest BCUT2D eigenvalue weighted by Crippen LogP contribution is -2.15. The Labute approximate surface area is 157 Å². The van der Waals surface area contributed by atoms with Crippen LogP contribution >= 0.6 is 23.1 Å². The molecule has 2 aromatic carbocycles. The molecular formula is C18H14F2N2O2S2. The highest BCUT2D eigenvalue weighted by atomic mass is 32.2. The van der Waals surface area contributed by atoms with Gasteiger partial charge >= 0.3 is 6.61 Å². The van der Waals surface area contributed by atoms with E-state index in [1.165, 1.54) is 35.2 Å². The molecule has 0 radical (unpaired) electrons. The van der Waals surface area contributed by atoms with Crippen LogP contribution in [0.1, 0.15) is 0 Å². The predicted molar refractivity (Wildman–Crippen MR) is 100.0 cm³/mol. The zero-order valence-corrected chi connectivity index (χ0v) is 15.0. The van der Waals surface area contributed by atoms with E-state index >= 15 is 0 Å². The minimum atomic E-state index is -2.95. The molecule has 3 rings (SSSR count). The van der Waals surface area contributed by atoms with Crippen molar-refractivity contribution in [3.63, 3.8) is 0 Å². The molecule has 0 spiro atoms. The van der Waals surface area contributed by atoms with Gasteiger partial charge in [0, 0.05) is 10.9 Å². The Balaban J connectivity index is 1.58. The largest absolute Gasteiger partial charge is 0.433 e. The number of nitrogens with one attached hydrogen (secondary N) is 1. The smallest absolute Gasteiger partial charge is 0.387 e. The first-order valence-corrected chi connectivity index (χ1v) is 9.46. The first-order chi connectivity index (χ1) is 12.6. The summed E-state index contributed by atoms with van der Waals surface area (Å²) in [5, 5.41) is 4.52. The highest BCUT2D eigenvalue weighted by Crippen LogP contribution is 2.29. The van der Waals surface area contributed by atoms with Crippen LogP contribution in [0.3, 0.4) is 0 Å². The number of alkyl halides is 2. The van der Waals surface area contributed by atoms with Crippen molar-refractivity contribution in [2.24, 2.45) is 0 Å². The number of carbonyl (C=O) groups excluding carboxylic acids is 1. The van der Waals surface area contributed by atoms with Gasteiger partial charge in [-0.3, -0.25) is 4.79 Å². The molecule has 1 aromatic heterocycles. The number of halogens is 2. The predicted octanol–water partition coefficient (Wildman–Crippen LogP) is 5.14. The Morgan fingerprint density at radius 3 is 2.65 bits per heavy atom. The second-order valence-electron chi connectivity index (χ2n) is 5.08. The molecule has 26 heavy (non-hydrogen) atoms. The number of rotatable bonds is 7. The molecule has 1 heterocycles. The van der Waals surface area contributed by atoms with E-state index in [1.807, 2.05) is 35.7 Å². The number of aromatic nitrogens is 1. The number of anilines is 1. The topological polar surface area (TPSA) is 51.2 Å². The minimum absolute atomic E-state index is 0.0681. The number of para-hydroxylation sites is 2. The molecule has 8 heteroatoms. The van der Waals surface area contributed by atoms with Gasteiger partial charge in [-0.1, -0.05) is 54.2 Å². The zero-order valence-electron chi connectivity index (χ0n) is 13.4. The van der Waals surface area contributed by atoms with E-state index < -0.39 is 6.61 Å². The lowest BCUT2D eigenvalue weighted by molar-refractivity contribution is -0.113. The summed E-state index contributed by atoms with van der Waals surface area (Å²) in [5.41, 5.74) is 2.08. The standard InChI is InChI=1S/C18H14F2N2O2S2/c19-17(20)24-15-9-5-4-8-13(15)21-16(23)11-26-18-22-14(10-25-18)12-6-2-1-3-7-12/h1-10,17H,11H2,(H,21,23). The molecule has 1 amide bonds. The third-order valence-corrected chi connectivity index (χ3v) is 5.28. The van der Waals surface area contributed by atoms with Crippen molar-refractivity contribution in [2.45, 2.75) is 11.0 Å². The number of thioether (sulfide) groups is 1. The number of hydrogen-bond donors (Lipinski definition) is 1. The van der Waals surface area contributed by atoms with Crippen LogP contribution in [0.2, 0.25) is 0 Å². The second kappa shape index (κ2) is 8.77. The number of hydrogen-bond acceptors (Lipinski definition) is 5. The van der Waals surface area contributed by atoms with Gasteiger partial charge in [0.15, 0.2) is 4.34 Å². The minimum Gasteiger partial charge on any atom is -0.433 e. The maximum atomic E-state index is 12.4. The molecule has 0 unspecified atom stereocenters. The molecule has 0 saturated heterocycles. The van der Waals surface area contributed by atoms with Crippen LogP contribution in [0.15, 0.2) is 64.3 Å². The van der Waals surface area contributed by atoms with Gasteiger partial charge < -0.3 is 10.1 Å². The van der Waals surface area contributed by atoms with Crippen molar-refractivity contribution in [3.05, 3.63) is 60.0 Å². The fraction of sp³-hybridized carbons (Fsp3) is 0.111. The third-order valence-electron chi connectivity index (χ3n) is 3.26. The van der Waals surface area contributed by atoms with Gasteiger partial charge in [0.2, 0.25) is 5.91 Å². The van der Waals surface area contributed by atoms with Gasteiger partial charge in [0.05, 0.1) is 17.1 Å². The lowest BCUT2D eigenvalue weighted by Gasteiger charge is -2.11. The Hall–Kier alpha value is -2.45. The molecule has 4 nitrogen and oxygen atoms in total. The molecule has 1 N–H and O–H groups in total. The Bertz CT molecular complexity index is 872. The van der Waals surface area contributed by atoms with Crippen LogP contribution in [0, 0.1) is 0 Å². The summed E-state index contributed by atoms with van der Waals surface area (Å²) in [6.45, 7) is -2.95. The van der Waals surface area contributed by atoms with Crippen LogP contribution in [0.4, 0.5) is 14.5 Å². The summed E-state index contributed by atoms with van der Waals surface area (Å²) in [4.78, 5) is 16.6. The first kappa shape index (κ1) is 18.3. The van der Waals surface area contributed by atoms with Crippen molar-refractivity contribution in [1.29, 1.82) is 0 Å². The average Bonchev–Trinajstić information content (AvgIpc) is 3.11. The van der Waals surface area contributed by atoms with Gasteiger partial charge in [-0.05, 0) is 12.1 Å². The Morgan fingerprint density at radius 1 is 1.15 bits per heavy atom. The molecule has 134 valence electrons. The van der Waals surface area contributed by atoms with Crippen LogP contribution in [0.5, 0.6) is 5.75 Å². The summed E-state index contributed by atoms with van der Waals surface area (Å²) in [5.74, 6) is -0.275. The van der Waals surface area contributed by atoms with Crippen molar-refractivity contribution in [3.8, 4) is 17.0 Å². The fourth-order valence-electron chi connectivity index (χ4n) is 2.15. The summed E-state index contributed by atoms with van der Waals surface area (Å²) >= 11 is 2.74. The van der Waals surface area contributed by atoms with Crippen molar-refractivity contribution in [1.82, 2.24) is 4.98 Å². The Morgan fingerprint density at radius 2 is 1.88 bits per heavy atom. The average molecular weight is 392 g/mol. The number of ether oxygens (including phenoxy) is 1. The normalized spacial score (nSPS) is 10.7. The molecule has 0 fully saturated rings. The van der Waals surface area contributed by atoms with Gasteiger partial charge in [0.1, 0.15) is 5.75 Å². The number of amides is 1. The van der Waals surface area contributed by atoms with E-state index in [0.29, 0.717) is 0 Å². The number of thiazole rings is 1. The summed E-state index contributed by atoms with van der Waals surface area (Å²) in [6, 6.07) is 15.8. The molecule has 0 aliphatic carbocycles. The molecule has 0 aliphatic rings. The molecule has 0 saturated carbocycles. The maximum absolute atomic E-state index is 12.4. The van der Waals surface area contributed by atoms with E-state index in [9.17, 15) is 13.6 Å².